The van der Waals surface area contributed by atoms with E-state index in [4.69, 9.17) is 4.98 Å². The van der Waals surface area contributed by atoms with E-state index < -0.39 is 5.54 Å². The number of thioether (sulfide) groups is 1. The Kier molecular flexibility index (Phi) is 6.63. The number of carbonyl (C=O) groups excluding carboxylic acids is 1. The molecule has 1 heterocycles. The fourth-order valence-electron chi connectivity index (χ4n) is 3.65. The summed E-state index contributed by atoms with van der Waals surface area (Å²) in [7, 11) is 0. The van der Waals surface area contributed by atoms with Crippen molar-refractivity contribution in [2.45, 2.75) is 69.6 Å². The van der Waals surface area contributed by atoms with Crippen molar-refractivity contribution in [3.63, 3.8) is 0 Å². The topological polar surface area (TPSA) is 87.8 Å². The van der Waals surface area contributed by atoms with Crippen molar-refractivity contribution in [2.24, 2.45) is 5.92 Å². The summed E-state index contributed by atoms with van der Waals surface area (Å²) in [5, 5.41) is 13.5. The Labute approximate surface area is 175 Å². The van der Waals surface area contributed by atoms with Crippen molar-refractivity contribution in [1.82, 2.24) is 14.9 Å². The van der Waals surface area contributed by atoms with Crippen LogP contribution in [0.4, 0.5) is 0 Å². The first kappa shape index (κ1) is 21.4. The van der Waals surface area contributed by atoms with Crippen LogP contribution in [-0.2, 0) is 4.79 Å². The number of aromatic nitrogens is 2. The van der Waals surface area contributed by atoms with E-state index in [1.165, 1.54) is 18.2 Å². The predicted octanol–water partition coefficient (Wildman–Crippen LogP) is 4.05. The Bertz CT molecular complexity index is 988. The second-order valence-corrected chi connectivity index (χ2v) is 9.13. The number of para-hydroxylation sites is 1. The summed E-state index contributed by atoms with van der Waals surface area (Å²) in [6, 6.07) is 9.67. The van der Waals surface area contributed by atoms with E-state index >= 15 is 0 Å². The van der Waals surface area contributed by atoms with Gasteiger partial charge in [0.05, 0.1) is 22.7 Å². The molecule has 0 unspecified atom stereocenters. The van der Waals surface area contributed by atoms with Crippen molar-refractivity contribution < 1.29 is 4.79 Å². The van der Waals surface area contributed by atoms with Gasteiger partial charge in [0.25, 0.3) is 5.56 Å². The molecule has 6 nitrogen and oxygen atoms in total. The number of fused-ring (bicyclic) bond motifs is 1. The molecular weight excluding hydrogens is 384 g/mol. The third-order valence-corrected chi connectivity index (χ3v) is 6.79. The van der Waals surface area contributed by atoms with Gasteiger partial charge in [-0.3, -0.25) is 14.2 Å². The van der Waals surface area contributed by atoms with E-state index in [1.807, 2.05) is 38.1 Å². The zero-order valence-electron chi connectivity index (χ0n) is 17.3. The quantitative estimate of drug-likeness (QED) is 0.571. The molecule has 1 N–H and O–H groups in total. The van der Waals surface area contributed by atoms with Crippen LogP contribution in [0, 0.1) is 17.2 Å². The summed E-state index contributed by atoms with van der Waals surface area (Å²) in [5.41, 5.74) is -0.303. The highest BCUT2D eigenvalue weighted by atomic mass is 32.2. The first-order valence-corrected chi connectivity index (χ1v) is 11.2. The van der Waals surface area contributed by atoms with Crippen LogP contribution in [0.5, 0.6) is 0 Å². The summed E-state index contributed by atoms with van der Waals surface area (Å²) in [4.78, 5) is 30.5. The van der Waals surface area contributed by atoms with Gasteiger partial charge in [-0.15, -0.1) is 0 Å². The number of carbonyl (C=O) groups is 1. The van der Waals surface area contributed by atoms with Gasteiger partial charge >= 0.3 is 0 Å². The predicted molar refractivity (Wildman–Crippen MR) is 116 cm³/mol. The molecule has 1 aromatic carbocycles. The van der Waals surface area contributed by atoms with Crippen LogP contribution in [0.3, 0.4) is 0 Å². The van der Waals surface area contributed by atoms with E-state index in [9.17, 15) is 14.9 Å². The Morgan fingerprint density at radius 2 is 2.03 bits per heavy atom. The van der Waals surface area contributed by atoms with Gasteiger partial charge in [0, 0.05) is 6.04 Å². The molecule has 0 saturated heterocycles. The summed E-state index contributed by atoms with van der Waals surface area (Å²) < 4.78 is 1.80. The van der Waals surface area contributed by atoms with Crippen LogP contribution < -0.4 is 10.9 Å². The standard InChI is InChI=1S/C22H28N4O2S/c1-15(2)22(3,14-23)25-19(27)13-29-21-24-18-12-8-7-11-17(18)20(28)26(21)16-9-5-4-6-10-16/h7-8,11-12,15-16H,4-6,9-10,13H2,1-3H3,(H,25,27)/t22-/m0/s1. The second-order valence-electron chi connectivity index (χ2n) is 8.18. The third-order valence-electron chi connectivity index (χ3n) is 5.83. The largest absolute Gasteiger partial charge is 0.337 e. The maximum Gasteiger partial charge on any atom is 0.262 e. The maximum absolute atomic E-state index is 13.2. The number of hydrogen-bond acceptors (Lipinski definition) is 5. The Morgan fingerprint density at radius 1 is 1.34 bits per heavy atom. The van der Waals surface area contributed by atoms with E-state index in [0.29, 0.717) is 16.1 Å². The van der Waals surface area contributed by atoms with Crippen LogP contribution in [0.2, 0.25) is 0 Å². The highest BCUT2D eigenvalue weighted by molar-refractivity contribution is 7.99. The molecule has 1 atom stereocenters. The number of hydrogen-bond donors (Lipinski definition) is 1. The Morgan fingerprint density at radius 3 is 2.69 bits per heavy atom. The molecule has 1 fully saturated rings. The van der Waals surface area contributed by atoms with Gasteiger partial charge in [-0.1, -0.05) is 57.0 Å². The number of rotatable bonds is 6. The van der Waals surface area contributed by atoms with Crippen LogP contribution >= 0.6 is 11.8 Å². The SMILES string of the molecule is CC(C)[C@](C)(C#N)NC(=O)CSc1nc2ccccc2c(=O)n1C1CCCCC1. The van der Waals surface area contributed by atoms with E-state index in [1.54, 1.807) is 11.5 Å². The lowest BCUT2D eigenvalue weighted by Crippen LogP contribution is -2.49. The van der Waals surface area contributed by atoms with Crippen molar-refractivity contribution in [3.8, 4) is 6.07 Å². The molecular formula is C22H28N4O2S. The van der Waals surface area contributed by atoms with Crippen LogP contribution in [0.25, 0.3) is 10.9 Å². The molecule has 1 amide bonds. The van der Waals surface area contributed by atoms with Crippen LogP contribution in [0.1, 0.15) is 58.9 Å². The van der Waals surface area contributed by atoms with Crippen molar-refractivity contribution in [2.75, 3.05) is 5.75 Å². The van der Waals surface area contributed by atoms with Crippen LogP contribution in [-0.4, -0.2) is 26.8 Å². The Hall–Kier alpha value is -2.33. The highest BCUT2D eigenvalue weighted by Gasteiger charge is 2.30. The van der Waals surface area contributed by atoms with E-state index in [2.05, 4.69) is 11.4 Å². The summed E-state index contributed by atoms with van der Waals surface area (Å²) in [6.45, 7) is 5.54. The lowest BCUT2D eigenvalue weighted by Gasteiger charge is -2.28. The summed E-state index contributed by atoms with van der Waals surface area (Å²) >= 11 is 1.27. The molecule has 1 aliphatic carbocycles. The second kappa shape index (κ2) is 9.00. The molecule has 1 aliphatic rings. The van der Waals surface area contributed by atoms with Crippen LogP contribution in [0.15, 0.2) is 34.2 Å². The number of nitriles is 1. The molecule has 154 valence electrons. The molecule has 0 radical (unpaired) electrons. The molecule has 0 spiro atoms. The van der Waals surface area contributed by atoms with Gasteiger partial charge < -0.3 is 5.32 Å². The molecule has 2 aromatic rings. The van der Waals surface area contributed by atoms with Crippen molar-refractivity contribution in [1.29, 1.82) is 5.26 Å². The zero-order chi connectivity index (χ0) is 21.0. The van der Waals surface area contributed by atoms with Gasteiger partial charge in [0.2, 0.25) is 5.91 Å². The monoisotopic (exact) mass is 412 g/mol. The fraction of sp³-hybridized carbons (Fsp3) is 0.545. The number of benzene rings is 1. The minimum absolute atomic E-state index is 0.0133. The fourth-order valence-corrected chi connectivity index (χ4v) is 4.51. The van der Waals surface area contributed by atoms with Gasteiger partial charge in [-0.05, 0) is 37.8 Å². The maximum atomic E-state index is 13.2. The lowest BCUT2D eigenvalue weighted by atomic mass is 9.90. The molecule has 1 aromatic heterocycles. The number of nitrogens with one attached hydrogen (secondary N) is 1. The lowest BCUT2D eigenvalue weighted by molar-refractivity contribution is -0.120. The van der Waals surface area contributed by atoms with Crippen molar-refractivity contribution in [3.05, 3.63) is 34.6 Å². The summed E-state index contributed by atoms with van der Waals surface area (Å²) in [6.07, 6.45) is 5.31. The molecule has 29 heavy (non-hydrogen) atoms. The van der Waals surface area contributed by atoms with E-state index in [-0.39, 0.29) is 29.2 Å². The average Bonchev–Trinajstić information content (AvgIpc) is 2.72. The van der Waals surface area contributed by atoms with Gasteiger partial charge in [0.1, 0.15) is 5.54 Å². The normalized spacial score (nSPS) is 17.1. The van der Waals surface area contributed by atoms with E-state index in [0.717, 1.165) is 25.7 Å². The number of amides is 1. The van der Waals surface area contributed by atoms with Crippen molar-refractivity contribution >= 4 is 28.6 Å². The number of nitrogens with zero attached hydrogens (tertiary/aromatic N) is 3. The smallest absolute Gasteiger partial charge is 0.262 e. The average molecular weight is 413 g/mol. The summed E-state index contributed by atoms with van der Waals surface area (Å²) in [5.74, 6) is -0.132. The third kappa shape index (κ3) is 4.64. The molecule has 0 aliphatic heterocycles. The van der Waals surface area contributed by atoms with Gasteiger partial charge in [-0.25, -0.2) is 4.98 Å². The first-order chi connectivity index (χ1) is 13.9. The minimum atomic E-state index is -0.919. The molecule has 7 heteroatoms. The minimum Gasteiger partial charge on any atom is -0.337 e. The zero-order valence-corrected chi connectivity index (χ0v) is 18.1. The first-order valence-electron chi connectivity index (χ1n) is 10.2. The molecule has 1 saturated carbocycles. The van der Waals surface area contributed by atoms with Gasteiger partial charge in [0.15, 0.2) is 5.16 Å². The molecule has 3 rings (SSSR count). The highest BCUT2D eigenvalue weighted by Crippen LogP contribution is 2.31. The Balaban J connectivity index is 1.89. The molecule has 0 bridgehead atoms. The van der Waals surface area contributed by atoms with Gasteiger partial charge in [-0.2, -0.15) is 5.26 Å².